The maximum atomic E-state index is 10.5. The number of fused-ring (bicyclic) bond motifs is 3. The number of phenols is 6. The van der Waals surface area contributed by atoms with Crippen LogP contribution in [0.25, 0.3) is 11.1 Å². The summed E-state index contributed by atoms with van der Waals surface area (Å²) in [4.78, 5) is 6.05. The van der Waals surface area contributed by atoms with Gasteiger partial charge in [0.15, 0.2) is 29.4 Å². The average molecular weight is 785 g/mol. The summed E-state index contributed by atoms with van der Waals surface area (Å²) in [5, 5.41) is 61.9. The molecule has 0 amide bonds. The molecule has 57 heavy (non-hydrogen) atoms. The molecule has 0 aliphatic heterocycles. The monoisotopic (exact) mass is 784 g/mol. The fourth-order valence-electron chi connectivity index (χ4n) is 7.90. The minimum atomic E-state index is -0.839. The number of hydrogen-bond donors (Lipinski definition) is 6. The Morgan fingerprint density at radius 3 is 0.754 bits per heavy atom. The van der Waals surface area contributed by atoms with E-state index in [9.17, 15) is 30.6 Å². The molecule has 0 bridgehead atoms. The van der Waals surface area contributed by atoms with Crippen molar-refractivity contribution in [2.24, 2.45) is 0 Å². The minimum Gasteiger partial charge on any atom is -0.508 e. The SMILES string of the molecule is Oc1ccc([S+](c2ccc(O)cc2)c2ccc3c(c2)-c2cc([S+](c4ccc(O)cc4)c4ccc(O)cc4)ccc2C3(c2ccc(O)cc2)c2ccc(O)cc2)cc1. The van der Waals surface area contributed by atoms with Gasteiger partial charge in [-0.2, -0.15) is 0 Å². The van der Waals surface area contributed by atoms with Crippen molar-refractivity contribution < 1.29 is 30.6 Å². The number of hydrogen-bond acceptors (Lipinski definition) is 6. The van der Waals surface area contributed by atoms with Gasteiger partial charge in [-0.05, 0) is 167 Å². The zero-order valence-corrected chi connectivity index (χ0v) is 32.0. The molecule has 6 nitrogen and oxygen atoms in total. The zero-order valence-electron chi connectivity index (χ0n) is 30.3. The Labute approximate surface area is 335 Å². The molecule has 0 saturated carbocycles. The van der Waals surface area contributed by atoms with Crippen molar-refractivity contribution in [3.63, 3.8) is 0 Å². The molecule has 8 heteroatoms. The molecule has 0 heterocycles. The lowest BCUT2D eigenvalue weighted by atomic mass is 9.68. The lowest BCUT2D eigenvalue weighted by molar-refractivity contribution is 0.474. The van der Waals surface area contributed by atoms with E-state index in [-0.39, 0.29) is 34.5 Å². The second-order valence-corrected chi connectivity index (χ2v) is 17.9. The Morgan fingerprint density at radius 2 is 0.491 bits per heavy atom. The molecule has 8 aromatic rings. The third-order valence-electron chi connectivity index (χ3n) is 10.4. The quantitative estimate of drug-likeness (QED) is 0.0854. The highest BCUT2D eigenvalue weighted by Gasteiger charge is 2.48. The summed E-state index contributed by atoms with van der Waals surface area (Å²) in [5.74, 6) is 1.01. The summed E-state index contributed by atoms with van der Waals surface area (Å²) in [6, 6.07) is 56.8. The van der Waals surface area contributed by atoms with Gasteiger partial charge in [0.2, 0.25) is 0 Å². The molecule has 0 radical (unpaired) electrons. The second-order valence-electron chi connectivity index (χ2n) is 13.8. The molecule has 0 saturated heterocycles. The van der Waals surface area contributed by atoms with E-state index < -0.39 is 27.2 Å². The third kappa shape index (κ3) is 6.39. The highest BCUT2D eigenvalue weighted by Crippen LogP contribution is 2.58. The highest BCUT2D eigenvalue weighted by molar-refractivity contribution is 7.97. The molecule has 0 fully saturated rings. The van der Waals surface area contributed by atoms with E-state index in [2.05, 4.69) is 36.4 Å². The van der Waals surface area contributed by atoms with E-state index in [1.807, 2.05) is 72.8 Å². The molecular weight excluding hydrogens is 749 g/mol. The van der Waals surface area contributed by atoms with Crippen LogP contribution in [0.5, 0.6) is 34.5 Å². The smallest absolute Gasteiger partial charge is 0.167 e. The van der Waals surface area contributed by atoms with Crippen molar-refractivity contribution in [3.8, 4) is 45.6 Å². The number of rotatable bonds is 8. The first kappa shape index (κ1) is 35.9. The van der Waals surface area contributed by atoms with E-state index in [1.54, 1.807) is 72.8 Å². The fourth-order valence-corrected chi connectivity index (χ4v) is 12.0. The van der Waals surface area contributed by atoms with E-state index in [1.165, 1.54) is 0 Å². The Balaban J connectivity index is 1.34. The predicted octanol–water partition coefficient (Wildman–Crippen LogP) is 10.5. The van der Waals surface area contributed by atoms with Gasteiger partial charge in [0, 0.05) is 12.1 Å². The van der Waals surface area contributed by atoms with Crippen molar-refractivity contribution in [1.82, 2.24) is 0 Å². The van der Waals surface area contributed by atoms with Crippen LogP contribution in [0.2, 0.25) is 0 Å². The Kier molecular flexibility index (Phi) is 9.08. The highest BCUT2D eigenvalue weighted by atomic mass is 32.2. The minimum absolute atomic E-state index is 0.155. The van der Waals surface area contributed by atoms with E-state index in [4.69, 9.17) is 0 Å². The van der Waals surface area contributed by atoms with E-state index >= 15 is 0 Å². The maximum Gasteiger partial charge on any atom is 0.167 e. The Bertz CT molecular complexity index is 2430. The van der Waals surface area contributed by atoms with Crippen LogP contribution < -0.4 is 0 Å². The van der Waals surface area contributed by atoms with Crippen LogP contribution in [0.3, 0.4) is 0 Å². The van der Waals surface area contributed by atoms with Crippen molar-refractivity contribution in [2.45, 2.75) is 34.8 Å². The molecule has 278 valence electrons. The fraction of sp³-hybridized carbons (Fsp3) is 0.0204. The third-order valence-corrected chi connectivity index (χ3v) is 14.9. The van der Waals surface area contributed by atoms with Crippen LogP contribution >= 0.6 is 0 Å². The van der Waals surface area contributed by atoms with Crippen LogP contribution in [0.4, 0.5) is 0 Å². The molecular formula is C49H36O6S2+2. The van der Waals surface area contributed by atoms with Crippen molar-refractivity contribution >= 4 is 21.8 Å². The van der Waals surface area contributed by atoms with Crippen molar-refractivity contribution in [3.05, 3.63) is 204 Å². The number of benzene rings is 8. The van der Waals surface area contributed by atoms with Gasteiger partial charge in [0.25, 0.3) is 0 Å². The molecule has 0 aromatic heterocycles. The summed E-state index contributed by atoms with van der Waals surface area (Å²) in [5.41, 5.74) is 5.14. The van der Waals surface area contributed by atoms with Gasteiger partial charge in [-0.3, -0.25) is 0 Å². The first-order valence-corrected chi connectivity index (χ1v) is 20.7. The second kappa shape index (κ2) is 14.4. The normalized spacial score (nSPS) is 12.7. The molecule has 9 rings (SSSR count). The van der Waals surface area contributed by atoms with Gasteiger partial charge in [-0.1, -0.05) is 36.4 Å². The summed E-state index contributed by atoms with van der Waals surface area (Å²) < 4.78 is 0. The van der Waals surface area contributed by atoms with Crippen molar-refractivity contribution in [1.29, 1.82) is 0 Å². The lowest BCUT2D eigenvalue weighted by Crippen LogP contribution is -2.28. The summed E-state index contributed by atoms with van der Waals surface area (Å²) in [6.07, 6.45) is 0. The van der Waals surface area contributed by atoms with Gasteiger partial charge in [0.1, 0.15) is 34.5 Å². The van der Waals surface area contributed by atoms with Gasteiger partial charge < -0.3 is 30.6 Å². The standard InChI is InChI=1S/C49H34O6S2/c50-33-5-1-31(2-6-33)49(32-3-7-34(51)8-4-32)47-27-25-43(56(39-17-9-35(52)10-18-39)40-19-11-36(53)12-20-40)29-45(47)46-30-44(26-28-48(46)49)57(41-21-13-37(54)14-22-41)42-23-15-38(55)16-24-42/h1-30H,(H4-2,50,51,52,53,54,55)/p+2. The van der Waals surface area contributed by atoms with Crippen LogP contribution in [-0.2, 0) is 27.2 Å². The predicted molar refractivity (Wildman–Crippen MR) is 224 cm³/mol. The van der Waals surface area contributed by atoms with Gasteiger partial charge in [-0.25, -0.2) is 0 Å². The first-order chi connectivity index (χ1) is 27.7. The molecule has 1 aliphatic carbocycles. The topological polar surface area (TPSA) is 121 Å². The zero-order chi connectivity index (χ0) is 39.3. The molecule has 6 N–H and O–H groups in total. The van der Waals surface area contributed by atoms with Gasteiger partial charge >= 0.3 is 0 Å². The molecule has 8 aromatic carbocycles. The van der Waals surface area contributed by atoms with Crippen LogP contribution in [0.15, 0.2) is 211 Å². The van der Waals surface area contributed by atoms with Crippen LogP contribution in [0, 0.1) is 0 Å². The summed E-state index contributed by atoms with van der Waals surface area (Å²) >= 11 is 0. The Morgan fingerprint density at radius 1 is 0.263 bits per heavy atom. The molecule has 1 aliphatic rings. The van der Waals surface area contributed by atoms with Crippen LogP contribution in [-0.4, -0.2) is 30.6 Å². The largest absolute Gasteiger partial charge is 0.508 e. The van der Waals surface area contributed by atoms with Crippen LogP contribution in [0.1, 0.15) is 22.3 Å². The van der Waals surface area contributed by atoms with Gasteiger partial charge in [0.05, 0.1) is 27.2 Å². The molecule has 0 atom stereocenters. The maximum absolute atomic E-state index is 10.5. The average Bonchev–Trinajstić information content (AvgIpc) is 3.51. The molecule has 0 unspecified atom stereocenters. The summed E-state index contributed by atoms with van der Waals surface area (Å²) in [7, 11) is -1.26. The van der Waals surface area contributed by atoms with Gasteiger partial charge in [-0.15, -0.1) is 0 Å². The van der Waals surface area contributed by atoms with E-state index in [0.29, 0.717) is 0 Å². The first-order valence-electron chi connectivity index (χ1n) is 18.2. The summed E-state index contributed by atoms with van der Waals surface area (Å²) in [6.45, 7) is 0. The number of phenolic OH excluding ortho intramolecular Hbond substituents is 6. The number of aromatic hydroxyl groups is 6. The lowest BCUT2D eigenvalue weighted by Gasteiger charge is -2.34. The van der Waals surface area contributed by atoms with E-state index in [0.717, 1.165) is 62.8 Å². The molecule has 0 spiro atoms. The van der Waals surface area contributed by atoms with Crippen molar-refractivity contribution in [2.75, 3.05) is 0 Å². The Hall–Kier alpha value is -6.74.